The number of nitrogens with zero attached hydrogens (tertiary/aromatic N) is 1. The Labute approximate surface area is 170 Å². The Bertz CT molecular complexity index is 837. The van der Waals surface area contributed by atoms with Crippen molar-refractivity contribution in [1.29, 1.82) is 0 Å². The van der Waals surface area contributed by atoms with Crippen LogP contribution in [0.15, 0.2) is 36.4 Å². The highest BCUT2D eigenvalue weighted by atomic mass is 35.5. The van der Waals surface area contributed by atoms with Crippen LogP contribution in [0.2, 0.25) is 5.02 Å². The lowest BCUT2D eigenvalue weighted by Crippen LogP contribution is -2.35. The van der Waals surface area contributed by atoms with Gasteiger partial charge in [-0.25, -0.2) is 0 Å². The van der Waals surface area contributed by atoms with Crippen molar-refractivity contribution in [1.82, 2.24) is 4.90 Å². The topological polar surface area (TPSA) is 67.9 Å². The highest BCUT2D eigenvalue weighted by Crippen LogP contribution is 2.36. The highest BCUT2D eigenvalue weighted by molar-refractivity contribution is 6.32. The number of aryl methyl sites for hydroxylation is 1. The zero-order chi connectivity index (χ0) is 20.7. The fourth-order valence-electron chi connectivity index (χ4n) is 2.53. The molecule has 0 radical (unpaired) electrons. The van der Waals surface area contributed by atoms with E-state index in [0.29, 0.717) is 29.4 Å². The molecule has 2 rings (SSSR count). The van der Waals surface area contributed by atoms with Crippen molar-refractivity contribution in [3.8, 4) is 11.5 Å². The Balaban J connectivity index is 2.08. The van der Waals surface area contributed by atoms with Crippen LogP contribution in [0.1, 0.15) is 29.3 Å². The molecule has 0 bridgehead atoms. The van der Waals surface area contributed by atoms with Crippen molar-refractivity contribution in [2.45, 2.75) is 20.3 Å². The molecule has 0 saturated carbocycles. The number of anilines is 1. The number of halogens is 1. The van der Waals surface area contributed by atoms with Gasteiger partial charge in [-0.1, -0.05) is 36.2 Å². The van der Waals surface area contributed by atoms with Gasteiger partial charge in [0.1, 0.15) is 0 Å². The third-order valence-corrected chi connectivity index (χ3v) is 4.27. The van der Waals surface area contributed by atoms with E-state index < -0.39 is 0 Å². The Kier molecular flexibility index (Phi) is 7.70. The number of nitrogens with one attached hydrogen (secondary N) is 1. The Hall–Kier alpha value is -2.73. The van der Waals surface area contributed by atoms with Crippen LogP contribution in [0.3, 0.4) is 0 Å². The second-order valence-corrected chi connectivity index (χ2v) is 6.82. The Morgan fingerprint density at radius 3 is 2.46 bits per heavy atom. The second kappa shape index (κ2) is 9.99. The molecule has 0 atom stereocenters. The predicted octanol–water partition coefficient (Wildman–Crippen LogP) is 4.16. The molecule has 2 amide bonds. The molecule has 0 heterocycles. The first-order valence-electron chi connectivity index (χ1n) is 8.98. The van der Waals surface area contributed by atoms with Crippen LogP contribution in [0.4, 0.5) is 5.69 Å². The van der Waals surface area contributed by atoms with Crippen LogP contribution in [-0.2, 0) is 4.79 Å². The van der Waals surface area contributed by atoms with Crippen LogP contribution in [-0.4, -0.2) is 44.0 Å². The molecule has 0 aromatic heterocycles. The lowest BCUT2D eigenvalue weighted by Gasteiger charge is -2.19. The van der Waals surface area contributed by atoms with E-state index in [1.165, 1.54) is 18.1 Å². The van der Waals surface area contributed by atoms with Gasteiger partial charge in [0.2, 0.25) is 5.91 Å². The summed E-state index contributed by atoms with van der Waals surface area (Å²) in [5, 5.41) is 3.05. The van der Waals surface area contributed by atoms with Gasteiger partial charge in [0.25, 0.3) is 5.91 Å². The first-order valence-corrected chi connectivity index (χ1v) is 9.35. The van der Waals surface area contributed by atoms with Gasteiger partial charge in [-0.15, -0.1) is 0 Å². The number of rotatable bonds is 8. The average Bonchev–Trinajstić information content (AvgIpc) is 2.67. The standard InChI is InChI=1S/C21H25ClN2O4/c1-5-10-28-20-17(22)11-15(12-18(20)27-4)21(26)24(3)13-19(25)23-16-8-6-14(2)7-9-16/h6-9,11-12H,5,10,13H2,1-4H3,(H,23,25). The van der Waals surface area contributed by atoms with Crippen LogP contribution in [0.25, 0.3) is 0 Å². The van der Waals surface area contributed by atoms with Crippen molar-refractivity contribution < 1.29 is 19.1 Å². The van der Waals surface area contributed by atoms with Crippen molar-refractivity contribution in [3.63, 3.8) is 0 Å². The van der Waals surface area contributed by atoms with Crippen molar-refractivity contribution in [2.24, 2.45) is 0 Å². The van der Waals surface area contributed by atoms with Gasteiger partial charge >= 0.3 is 0 Å². The summed E-state index contributed by atoms with van der Waals surface area (Å²) in [6.45, 7) is 4.34. The maximum Gasteiger partial charge on any atom is 0.254 e. The van der Waals surface area contributed by atoms with Gasteiger partial charge in [0.15, 0.2) is 11.5 Å². The summed E-state index contributed by atoms with van der Waals surface area (Å²) >= 11 is 6.27. The van der Waals surface area contributed by atoms with E-state index in [0.717, 1.165) is 12.0 Å². The summed E-state index contributed by atoms with van der Waals surface area (Å²) in [6, 6.07) is 10.5. The minimum atomic E-state index is -0.346. The number of methoxy groups -OCH3 is 1. The summed E-state index contributed by atoms with van der Waals surface area (Å²) in [7, 11) is 3.04. The highest BCUT2D eigenvalue weighted by Gasteiger charge is 2.20. The predicted molar refractivity (Wildman–Crippen MR) is 111 cm³/mol. The molecule has 6 nitrogen and oxygen atoms in total. The number of amides is 2. The molecular weight excluding hydrogens is 380 g/mol. The van der Waals surface area contributed by atoms with Gasteiger partial charge < -0.3 is 19.7 Å². The molecule has 28 heavy (non-hydrogen) atoms. The lowest BCUT2D eigenvalue weighted by molar-refractivity contribution is -0.116. The molecule has 0 saturated heterocycles. The number of hydrogen-bond acceptors (Lipinski definition) is 4. The molecule has 0 spiro atoms. The van der Waals surface area contributed by atoms with Crippen LogP contribution in [0, 0.1) is 6.92 Å². The third-order valence-electron chi connectivity index (χ3n) is 3.99. The maximum absolute atomic E-state index is 12.7. The number of hydrogen-bond donors (Lipinski definition) is 1. The van der Waals surface area contributed by atoms with E-state index in [1.54, 1.807) is 13.1 Å². The van der Waals surface area contributed by atoms with Crippen LogP contribution >= 0.6 is 11.6 Å². The van der Waals surface area contributed by atoms with Crippen molar-refractivity contribution >= 4 is 29.1 Å². The summed E-state index contributed by atoms with van der Waals surface area (Å²) in [4.78, 5) is 26.3. The van der Waals surface area contributed by atoms with Crippen molar-refractivity contribution in [2.75, 3.05) is 32.6 Å². The van der Waals surface area contributed by atoms with Crippen molar-refractivity contribution in [3.05, 3.63) is 52.5 Å². The quantitative estimate of drug-likeness (QED) is 0.717. The van der Waals surface area contributed by atoms with Gasteiger partial charge in [-0.3, -0.25) is 9.59 Å². The number of ether oxygens (including phenoxy) is 2. The SMILES string of the molecule is CCCOc1c(Cl)cc(C(=O)N(C)CC(=O)Nc2ccc(C)cc2)cc1OC. The number of carbonyl (C=O) groups is 2. The molecule has 2 aromatic carbocycles. The van der Waals surface area contributed by atoms with E-state index >= 15 is 0 Å². The molecule has 2 aromatic rings. The summed E-state index contributed by atoms with van der Waals surface area (Å²) in [5.41, 5.74) is 2.09. The normalized spacial score (nSPS) is 10.3. The molecule has 7 heteroatoms. The number of benzene rings is 2. The molecular formula is C21H25ClN2O4. The number of carbonyl (C=O) groups excluding carboxylic acids is 2. The fourth-order valence-corrected chi connectivity index (χ4v) is 2.80. The van der Waals surface area contributed by atoms with E-state index in [-0.39, 0.29) is 23.4 Å². The zero-order valence-electron chi connectivity index (χ0n) is 16.5. The minimum absolute atomic E-state index is 0.0965. The third kappa shape index (κ3) is 5.63. The molecule has 1 N–H and O–H groups in total. The largest absolute Gasteiger partial charge is 0.493 e. The summed E-state index contributed by atoms with van der Waals surface area (Å²) in [6.07, 6.45) is 0.818. The summed E-state index contributed by atoms with van der Waals surface area (Å²) < 4.78 is 10.9. The summed E-state index contributed by atoms with van der Waals surface area (Å²) in [5.74, 6) is 0.145. The molecule has 150 valence electrons. The molecule has 0 aliphatic carbocycles. The minimum Gasteiger partial charge on any atom is -0.493 e. The molecule has 0 fully saturated rings. The number of likely N-dealkylation sites (N-methyl/N-ethyl adjacent to an activating group) is 1. The van der Waals surface area contributed by atoms with Gasteiger partial charge in [0, 0.05) is 18.3 Å². The molecule has 0 unspecified atom stereocenters. The van der Waals surface area contributed by atoms with E-state index in [4.69, 9.17) is 21.1 Å². The zero-order valence-corrected chi connectivity index (χ0v) is 17.3. The first kappa shape index (κ1) is 21.6. The van der Waals surface area contributed by atoms with E-state index in [1.807, 2.05) is 38.1 Å². The van der Waals surface area contributed by atoms with Gasteiger partial charge in [0.05, 0.1) is 25.3 Å². The smallest absolute Gasteiger partial charge is 0.254 e. The Morgan fingerprint density at radius 2 is 1.86 bits per heavy atom. The van der Waals surface area contributed by atoms with Gasteiger partial charge in [-0.05, 0) is 37.6 Å². The molecule has 0 aliphatic heterocycles. The van der Waals surface area contributed by atoms with Crippen LogP contribution < -0.4 is 14.8 Å². The lowest BCUT2D eigenvalue weighted by atomic mass is 10.1. The van der Waals surface area contributed by atoms with E-state index in [9.17, 15) is 9.59 Å². The maximum atomic E-state index is 12.7. The molecule has 0 aliphatic rings. The second-order valence-electron chi connectivity index (χ2n) is 6.41. The average molecular weight is 405 g/mol. The fraction of sp³-hybridized carbons (Fsp3) is 0.333. The van der Waals surface area contributed by atoms with Crippen LogP contribution in [0.5, 0.6) is 11.5 Å². The Morgan fingerprint density at radius 1 is 1.18 bits per heavy atom. The first-order chi connectivity index (χ1) is 13.3. The van der Waals surface area contributed by atoms with E-state index in [2.05, 4.69) is 5.32 Å². The van der Waals surface area contributed by atoms with Gasteiger partial charge in [-0.2, -0.15) is 0 Å². The monoisotopic (exact) mass is 404 g/mol.